The molecule has 1 aliphatic carbocycles. The van der Waals surface area contributed by atoms with Crippen LogP contribution in [0.1, 0.15) is 43.6 Å². The number of likely N-dealkylation sites (tertiary alicyclic amines) is 1. The van der Waals surface area contributed by atoms with E-state index in [1.54, 1.807) is 0 Å². The van der Waals surface area contributed by atoms with Gasteiger partial charge in [-0.2, -0.15) is 5.10 Å². The van der Waals surface area contributed by atoms with E-state index in [-0.39, 0.29) is 5.92 Å². The van der Waals surface area contributed by atoms with E-state index in [9.17, 15) is 4.79 Å². The maximum absolute atomic E-state index is 12.8. The highest BCUT2D eigenvalue weighted by Gasteiger charge is 2.46. The van der Waals surface area contributed by atoms with Crippen LogP contribution in [-0.4, -0.2) is 70.9 Å². The van der Waals surface area contributed by atoms with Crippen molar-refractivity contribution >= 4 is 5.91 Å². The van der Waals surface area contributed by atoms with Crippen molar-refractivity contribution in [2.24, 2.45) is 13.0 Å². The number of carbonyl (C=O) groups excluding carboxylic acids is 1. The molecule has 0 spiro atoms. The molecule has 3 aliphatic rings. The first-order chi connectivity index (χ1) is 12.1. The molecule has 2 aliphatic heterocycles. The van der Waals surface area contributed by atoms with Crippen molar-refractivity contribution in [3.05, 3.63) is 18.0 Å². The van der Waals surface area contributed by atoms with Gasteiger partial charge >= 0.3 is 0 Å². The largest absolute Gasteiger partial charge is 0.381 e. The summed E-state index contributed by atoms with van der Waals surface area (Å²) in [5, 5.41) is 4.24. The van der Waals surface area contributed by atoms with Gasteiger partial charge < -0.3 is 14.5 Å². The summed E-state index contributed by atoms with van der Waals surface area (Å²) in [6.07, 6.45) is 9.46. The van der Waals surface area contributed by atoms with E-state index < -0.39 is 0 Å². The second-order valence-electron chi connectivity index (χ2n) is 7.96. The molecule has 2 atom stereocenters. The zero-order valence-corrected chi connectivity index (χ0v) is 15.4. The number of rotatable bonds is 4. The summed E-state index contributed by atoms with van der Waals surface area (Å²) in [7, 11) is 3.94. The topological polar surface area (TPSA) is 50.6 Å². The number of amides is 1. The van der Waals surface area contributed by atoms with Crippen LogP contribution in [0.5, 0.6) is 0 Å². The third-order valence-corrected chi connectivity index (χ3v) is 6.36. The number of carbonyl (C=O) groups is 1. The van der Waals surface area contributed by atoms with Crippen LogP contribution in [0, 0.1) is 5.92 Å². The average Bonchev–Trinajstić information content (AvgIpc) is 3.35. The first-order valence-electron chi connectivity index (χ1n) is 9.70. The lowest BCUT2D eigenvalue weighted by Crippen LogP contribution is -2.50. The highest BCUT2D eigenvalue weighted by atomic mass is 16.5. The lowest BCUT2D eigenvalue weighted by atomic mass is 9.98. The second-order valence-corrected chi connectivity index (χ2v) is 7.96. The summed E-state index contributed by atoms with van der Waals surface area (Å²) >= 11 is 0. The molecule has 1 aromatic heterocycles. The van der Waals surface area contributed by atoms with Crippen molar-refractivity contribution in [3.8, 4) is 0 Å². The molecule has 0 unspecified atom stereocenters. The minimum absolute atomic E-state index is 0.169. The fraction of sp³-hybridized carbons (Fsp3) is 0.789. The number of aryl methyl sites for hydroxylation is 1. The predicted molar refractivity (Wildman–Crippen MR) is 95.3 cm³/mol. The molecule has 0 bridgehead atoms. The molecule has 1 amide bonds. The molecule has 0 radical (unpaired) electrons. The van der Waals surface area contributed by atoms with Gasteiger partial charge in [0.2, 0.25) is 5.91 Å². The molecule has 25 heavy (non-hydrogen) atoms. The van der Waals surface area contributed by atoms with Gasteiger partial charge in [-0.25, -0.2) is 0 Å². The molecule has 1 aromatic rings. The lowest BCUT2D eigenvalue weighted by molar-refractivity contribution is -0.134. The van der Waals surface area contributed by atoms with Crippen molar-refractivity contribution < 1.29 is 9.53 Å². The summed E-state index contributed by atoms with van der Waals surface area (Å²) in [6.45, 7) is 4.04. The van der Waals surface area contributed by atoms with Crippen LogP contribution in [0.4, 0.5) is 0 Å². The Morgan fingerprint density at radius 1 is 1.24 bits per heavy atom. The zero-order chi connectivity index (χ0) is 17.4. The van der Waals surface area contributed by atoms with Crippen molar-refractivity contribution in [2.45, 2.75) is 50.1 Å². The van der Waals surface area contributed by atoms with Crippen LogP contribution in [-0.2, 0) is 16.6 Å². The normalized spacial score (nSPS) is 28.9. The van der Waals surface area contributed by atoms with Gasteiger partial charge in [0.25, 0.3) is 0 Å². The first-order valence-corrected chi connectivity index (χ1v) is 9.70. The van der Waals surface area contributed by atoms with Gasteiger partial charge in [-0.1, -0.05) is 0 Å². The Balaban J connectivity index is 1.27. The van der Waals surface area contributed by atoms with E-state index >= 15 is 0 Å². The van der Waals surface area contributed by atoms with Crippen LogP contribution in [0.2, 0.25) is 0 Å². The van der Waals surface area contributed by atoms with Crippen LogP contribution in [0.15, 0.2) is 12.4 Å². The number of ether oxygens (including phenoxy) is 1. The molecule has 6 heteroatoms. The minimum Gasteiger partial charge on any atom is -0.381 e. The Bertz CT molecular complexity index is 602. The van der Waals surface area contributed by atoms with E-state index in [0.29, 0.717) is 23.9 Å². The second kappa shape index (κ2) is 7.08. The van der Waals surface area contributed by atoms with Crippen molar-refractivity contribution in [1.29, 1.82) is 0 Å². The summed E-state index contributed by atoms with van der Waals surface area (Å²) in [5.41, 5.74) is 1.21. The lowest BCUT2D eigenvalue weighted by Gasteiger charge is -2.41. The summed E-state index contributed by atoms with van der Waals surface area (Å²) in [6, 6.07) is 1.09. The molecule has 3 fully saturated rings. The van der Waals surface area contributed by atoms with Crippen molar-refractivity contribution in [3.63, 3.8) is 0 Å². The number of aromatic nitrogens is 2. The van der Waals surface area contributed by atoms with Crippen LogP contribution >= 0.6 is 0 Å². The molecule has 4 rings (SSSR count). The maximum Gasteiger partial charge on any atom is 0.226 e. The summed E-state index contributed by atoms with van der Waals surface area (Å²) in [4.78, 5) is 17.5. The fourth-order valence-electron chi connectivity index (χ4n) is 4.60. The Kier molecular flexibility index (Phi) is 4.82. The third kappa shape index (κ3) is 3.60. The van der Waals surface area contributed by atoms with Gasteiger partial charge in [0, 0.05) is 64.6 Å². The Hall–Kier alpha value is -1.40. The Morgan fingerprint density at radius 2 is 1.96 bits per heavy atom. The van der Waals surface area contributed by atoms with Crippen molar-refractivity contribution in [1.82, 2.24) is 19.6 Å². The standard InChI is InChI=1S/C19H30N4O2/c1-21-13-14(12-20-21)17-11-18(17)19(24)22(2)15-3-7-23(8-4-15)16-5-9-25-10-6-16/h12-13,15-18H,3-11H2,1-2H3/t17-,18+/m0/s1. The first kappa shape index (κ1) is 17.0. The van der Waals surface area contributed by atoms with Gasteiger partial charge in [-0.05, 0) is 43.6 Å². The van der Waals surface area contributed by atoms with Crippen molar-refractivity contribution in [2.75, 3.05) is 33.4 Å². The molecule has 3 heterocycles. The van der Waals surface area contributed by atoms with E-state index in [2.05, 4.69) is 10.00 Å². The number of hydrogen-bond donors (Lipinski definition) is 0. The third-order valence-electron chi connectivity index (χ3n) is 6.36. The van der Waals surface area contributed by atoms with Gasteiger partial charge in [0.15, 0.2) is 0 Å². The quantitative estimate of drug-likeness (QED) is 0.831. The molecule has 0 N–H and O–H groups in total. The zero-order valence-electron chi connectivity index (χ0n) is 15.4. The Labute approximate surface area is 150 Å². The highest BCUT2D eigenvalue weighted by Crippen LogP contribution is 2.48. The number of nitrogens with zero attached hydrogens (tertiary/aromatic N) is 4. The monoisotopic (exact) mass is 346 g/mol. The number of piperidine rings is 1. The molecule has 0 aromatic carbocycles. The molecule has 1 saturated carbocycles. The van der Waals surface area contributed by atoms with E-state index in [1.807, 2.05) is 36.1 Å². The molecular weight excluding hydrogens is 316 g/mol. The van der Waals surface area contributed by atoms with Gasteiger partial charge in [-0.3, -0.25) is 9.48 Å². The average molecular weight is 346 g/mol. The van der Waals surface area contributed by atoms with E-state index in [4.69, 9.17) is 4.74 Å². The SMILES string of the molecule is CN(C(=O)[C@@H]1C[C@H]1c1cnn(C)c1)C1CCN(C2CCOCC2)CC1. The molecule has 2 saturated heterocycles. The van der Waals surface area contributed by atoms with Gasteiger partial charge in [-0.15, -0.1) is 0 Å². The number of hydrogen-bond acceptors (Lipinski definition) is 4. The summed E-state index contributed by atoms with van der Waals surface area (Å²) in [5.74, 6) is 0.882. The van der Waals surface area contributed by atoms with E-state index in [1.165, 1.54) is 5.56 Å². The molecular formula is C19H30N4O2. The predicted octanol–water partition coefficient (Wildman–Crippen LogP) is 1.63. The smallest absolute Gasteiger partial charge is 0.226 e. The van der Waals surface area contributed by atoms with Gasteiger partial charge in [0.05, 0.1) is 6.20 Å². The van der Waals surface area contributed by atoms with Crippen LogP contribution < -0.4 is 0 Å². The van der Waals surface area contributed by atoms with E-state index in [0.717, 1.165) is 58.4 Å². The van der Waals surface area contributed by atoms with Crippen LogP contribution in [0.3, 0.4) is 0 Å². The molecule has 138 valence electrons. The highest BCUT2D eigenvalue weighted by molar-refractivity contribution is 5.83. The Morgan fingerprint density at radius 3 is 2.60 bits per heavy atom. The fourth-order valence-corrected chi connectivity index (χ4v) is 4.60. The molecule has 6 nitrogen and oxygen atoms in total. The summed E-state index contributed by atoms with van der Waals surface area (Å²) < 4.78 is 7.30. The van der Waals surface area contributed by atoms with Crippen LogP contribution in [0.25, 0.3) is 0 Å². The minimum atomic E-state index is 0.169. The van der Waals surface area contributed by atoms with Gasteiger partial charge in [0.1, 0.15) is 0 Å². The maximum atomic E-state index is 12.8.